The lowest BCUT2D eigenvalue weighted by molar-refractivity contribution is 0.251. The van der Waals surface area contributed by atoms with Crippen LogP contribution in [0.5, 0.6) is 0 Å². The van der Waals surface area contributed by atoms with E-state index in [0.717, 1.165) is 22.7 Å². The normalized spacial score (nSPS) is 10.4. The molecule has 2 N–H and O–H groups in total. The number of carbonyl (C=O) groups excluding carboxylic acids is 1. The van der Waals surface area contributed by atoms with E-state index in [1.54, 1.807) is 24.3 Å². The summed E-state index contributed by atoms with van der Waals surface area (Å²) in [6.07, 6.45) is 7.50. The van der Waals surface area contributed by atoms with Crippen molar-refractivity contribution in [3.63, 3.8) is 0 Å². The largest absolute Gasteiger partial charge is 0.334 e. The maximum Gasteiger partial charge on any atom is 0.319 e. The Morgan fingerprint density at radius 1 is 1.16 bits per heavy atom. The molecule has 0 saturated carbocycles. The summed E-state index contributed by atoms with van der Waals surface area (Å²) >= 11 is 1.65. The quantitative estimate of drug-likeness (QED) is 0.660. The molecule has 25 heavy (non-hydrogen) atoms. The van der Waals surface area contributed by atoms with E-state index in [1.807, 2.05) is 53.4 Å². The number of aromatic nitrogens is 2. The van der Waals surface area contributed by atoms with Crippen molar-refractivity contribution in [1.82, 2.24) is 14.9 Å². The molecule has 2 amide bonds. The first kappa shape index (κ1) is 17.1. The lowest BCUT2D eigenvalue weighted by Crippen LogP contribution is -2.28. The van der Waals surface area contributed by atoms with Crippen LogP contribution in [0.3, 0.4) is 0 Å². The van der Waals surface area contributed by atoms with Gasteiger partial charge in [0.15, 0.2) is 0 Å². The van der Waals surface area contributed by atoms with Crippen molar-refractivity contribution < 1.29 is 4.79 Å². The van der Waals surface area contributed by atoms with Crippen molar-refractivity contribution in [1.29, 1.82) is 0 Å². The lowest BCUT2D eigenvalue weighted by Gasteiger charge is -2.10. The summed E-state index contributed by atoms with van der Waals surface area (Å²) < 4.78 is 2.01. The second kappa shape index (κ2) is 8.39. The Morgan fingerprint density at radius 2 is 2.00 bits per heavy atom. The Labute approximate surface area is 151 Å². The summed E-state index contributed by atoms with van der Waals surface area (Å²) in [6.45, 7) is 1.24. The number of nitrogens with one attached hydrogen (secondary N) is 2. The maximum absolute atomic E-state index is 12.1. The van der Waals surface area contributed by atoms with Gasteiger partial charge < -0.3 is 15.2 Å². The molecule has 0 aliphatic heterocycles. The average Bonchev–Trinajstić information content (AvgIpc) is 3.13. The van der Waals surface area contributed by atoms with E-state index in [2.05, 4.69) is 27.8 Å². The lowest BCUT2D eigenvalue weighted by atomic mass is 10.1. The minimum Gasteiger partial charge on any atom is -0.334 e. The summed E-state index contributed by atoms with van der Waals surface area (Å²) in [4.78, 5) is 17.2. The number of hydrogen-bond donors (Lipinski definition) is 2. The molecule has 0 spiro atoms. The molecular weight excluding hydrogens is 332 g/mol. The molecule has 5 nitrogen and oxygen atoms in total. The molecule has 6 heteroatoms. The van der Waals surface area contributed by atoms with Crippen LogP contribution in [-0.2, 0) is 13.1 Å². The molecule has 0 saturated heterocycles. The molecule has 3 rings (SSSR count). The minimum atomic E-state index is -0.210. The molecule has 1 heterocycles. The van der Waals surface area contributed by atoms with Crippen molar-refractivity contribution in [2.45, 2.75) is 18.0 Å². The van der Waals surface area contributed by atoms with Crippen LogP contribution in [0.1, 0.15) is 11.1 Å². The van der Waals surface area contributed by atoms with Crippen LogP contribution in [0.25, 0.3) is 0 Å². The Morgan fingerprint density at radius 3 is 2.80 bits per heavy atom. The molecular formula is C19H20N4OS. The number of nitrogens with zero attached hydrogens (tertiary/aromatic N) is 2. The first-order chi connectivity index (χ1) is 12.2. The van der Waals surface area contributed by atoms with Crippen LogP contribution in [0, 0.1) is 0 Å². The van der Waals surface area contributed by atoms with Crippen LogP contribution in [0.4, 0.5) is 10.5 Å². The summed E-state index contributed by atoms with van der Waals surface area (Å²) in [5, 5.41) is 5.76. The number of urea groups is 1. The third kappa shape index (κ3) is 5.12. The zero-order chi connectivity index (χ0) is 17.5. The third-order valence-corrected chi connectivity index (χ3v) is 4.42. The zero-order valence-electron chi connectivity index (χ0n) is 14.0. The number of thioether (sulfide) groups is 1. The molecule has 2 aromatic carbocycles. The molecule has 0 fully saturated rings. The molecule has 0 unspecified atom stereocenters. The van der Waals surface area contributed by atoms with Gasteiger partial charge in [0.1, 0.15) is 0 Å². The van der Waals surface area contributed by atoms with Crippen molar-refractivity contribution in [2.24, 2.45) is 0 Å². The van der Waals surface area contributed by atoms with Gasteiger partial charge in [-0.15, -0.1) is 11.8 Å². The van der Waals surface area contributed by atoms with Gasteiger partial charge in [0.05, 0.1) is 6.33 Å². The van der Waals surface area contributed by atoms with Crippen LogP contribution in [0.15, 0.2) is 72.1 Å². The van der Waals surface area contributed by atoms with E-state index in [1.165, 1.54) is 5.56 Å². The summed E-state index contributed by atoms with van der Waals surface area (Å²) in [5.41, 5.74) is 3.02. The summed E-state index contributed by atoms with van der Waals surface area (Å²) in [6, 6.07) is 15.7. The smallest absolute Gasteiger partial charge is 0.319 e. The predicted octanol–water partition coefficient (Wildman–Crippen LogP) is 3.98. The topological polar surface area (TPSA) is 59.0 Å². The van der Waals surface area contributed by atoms with E-state index >= 15 is 0 Å². The van der Waals surface area contributed by atoms with E-state index in [-0.39, 0.29) is 6.03 Å². The fraction of sp³-hybridized carbons (Fsp3) is 0.158. The Bertz CT molecular complexity index is 833. The van der Waals surface area contributed by atoms with Gasteiger partial charge in [0.2, 0.25) is 0 Å². The van der Waals surface area contributed by atoms with Gasteiger partial charge >= 0.3 is 6.03 Å². The molecule has 0 bridgehead atoms. The number of rotatable bonds is 6. The standard InChI is InChI=1S/C19H20N4OS/c1-25-18-7-3-6-17(11-18)22-19(24)21-12-15-4-2-5-16(10-15)13-23-9-8-20-14-23/h2-11,14H,12-13H2,1H3,(H2,21,22,24). The van der Waals surface area contributed by atoms with Gasteiger partial charge in [-0.05, 0) is 35.6 Å². The third-order valence-electron chi connectivity index (χ3n) is 3.70. The molecule has 1 aromatic heterocycles. The Balaban J connectivity index is 1.54. The molecule has 0 aliphatic rings. The van der Waals surface area contributed by atoms with E-state index in [0.29, 0.717) is 6.54 Å². The molecule has 0 aliphatic carbocycles. The Hall–Kier alpha value is -2.73. The summed E-state index contributed by atoms with van der Waals surface area (Å²) in [7, 11) is 0. The summed E-state index contributed by atoms with van der Waals surface area (Å²) in [5.74, 6) is 0. The first-order valence-corrected chi connectivity index (χ1v) is 9.18. The van der Waals surface area contributed by atoms with Crippen LogP contribution in [0.2, 0.25) is 0 Å². The Kier molecular flexibility index (Phi) is 5.74. The first-order valence-electron chi connectivity index (χ1n) is 7.95. The molecule has 0 atom stereocenters. The number of benzene rings is 2. The van der Waals surface area contributed by atoms with Crippen molar-refractivity contribution >= 4 is 23.5 Å². The highest BCUT2D eigenvalue weighted by Gasteiger charge is 2.03. The highest BCUT2D eigenvalue weighted by Crippen LogP contribution is 2.18. The molecule has 0 radical (unpaired) electrons. The van der Waals surface area contributed by atoms with E-state index in [4.69, 9.17) is 0 Å². The van der Waals surface area contributed by atoms with Crippen molar-refractivity contribution in [3.8, 4) is 0 Å². The van der Waals surface area contributed by atoms with Crippen molar-refractivity contribution in [3.05, 3.63) is 78.4 Å². The van der Waals surface area contributed by atoms with Crippen LogP contribution in [-0.4, -0.2) is 21.8 Å². The number of imidazole rings is 1. The van der Waals surface area contributed by atoms with Gasteiger partial charge in [-0.3, -0.25) is 0 Å². The second-order valence-corrected chi connectivity index (χ2v) is 6.47. The minimum absolute atomic E-state index is 0.210. The monoisotopic (exact) mass is 352 g/mol. The van der Waals surface area contributed by atoms with Gasteiger partial charge in [-0.25, -0.2) is 9.78 Å². The predicted molar refractivity (Wildman–Crippen MR) is 102 cm³/mol. The van der Waals surface area contributed by atoms with Gasteiger partial charge in [0, 0.05) is 36.1 Å². The zero-order valence-corrected chi connectivity index (χ0v) is 14.8. The van der Waals surface area contributed by atoms with Crippen LogP contribution >= 0.6 is 11.8 Å². The number of anilines is 1. The van der Waals surface area contributed by atoms with Gasteiger partial charge in [0.25, 0.3) is 0 Å². The second-order valence-electron chi connectivity index (χ2n) is 5.59. The average molecular weight is 352 g/mol. The van der Waals surface area contributed by atoms with Gasteiger partial charge in [-0.2, -0.15) is 0 Å². The van der Waals surface area contributed by atoms with E-state index < -0.39 is 0 Å². The fourth-order valence-corrected chi connectivity index (χ4v) is 2.95. The maximum atomic E-state index is 12.1. The number of hydrogen-bond acceptors (Lipinski definition) is 3. The van der Waals surface area contributed by atoms with Crippen molar-refractivity contribution in [2.75, 3.05) is 11.6 Å². The highest BCUT2D eigenvalue weighted by molar-refractivity contribution is 7.98. The molecule has 3 aromatic rings. The van der Waals surface area contributed by atoms with Crippen LogP contribution < -0.4 is 10.6 Å². The van der Waals surface area contributed by atoms with Gasteiger partial charge in [-0.1, -0.05) is 30.3 Å². The number of carbonyl (C=O) groups is 1. The SMILES string of the molecule is CSc1cccc(NC(=O)NCc2cccc(Cn3ccnc3)c2)c1. The fourth-order valence-electron chi connectivity index (χ4n) is 2.49. The van der Waals surface area contributed by atoms with E-state index in [9.17, 15) is 4.79 Å². The molecule has 128 valence electrons. The number of amides is 2. The highest BCUT2D eigenvalue weighted by atomic mass is 32.2.